The van der Waals surface area contributed by atoms with E-state index >= 15 is 0 Å². The second kappa shape index (κ2) is 5.92. The maximum atomic E-state index is 11.6. The second-order valence-electron chi connectivity index (χ2n) is 5.27. The quantitative estimate of drug-likeness (QED) is 0.834. The van der Waals surface area contributed by atoms with Gasteiger partial charge in [-0.2, -0.15) is 0 Å². The Balaban J connectivity index is 2.06. The summed E-state index contributed by atoms with van der Waals surface area (Å²) >= 11 is 0. The Kier molecular flexibility index (Phi) is 4.47. The van der Waals surface area contributed by atoms with Gasteiger partial charge in [0.05, 0.1) is 11.5 Å². The van der Waals surface area contributed by atoms with Gasteiger partial charge in [0.2, 0.25) is 0 Å². The molecule has 0 bridgehead atoms. The maximum Gasteiger partial charge on any atom is 0.151 e. The molecule has 0 saturated carbocycles. The number of benzene rings is 1. The van der Waals surface area contributed by atoms with Gasteiger partial charge in [-0.05, 0) is 37.1 Å². The predicted octanol–water partition coefficient (Wildman–Crippen LogP) is 1.67. The minimum Gasteiger partial charge on any atom is -0.399 e. The molecule has 106 valence electrons. The molecule has 0 spiro atoms. The number of sulfone groups is 1. The summed E-state index contributed by atoms with van der Waals surface area (Å²) in [6.45, 7) is 3.86. The zero-order valence-corrected chi connectivity index (χ0v) is 12.2. The molecule has 0 aromatic heterocycles. The number of nitrogens with two attached hydrogens (primary N) is 1. The lowest BCUT2D eigenvalue weighted by Gasteiger charge is -2.27. The Morgan fingerprint density at radius 1 is 1.32 bits per heavy atom. The van der Waals surface area contributed by atoms with Crippen LogP contribution < -0.4 is 5.73 Å². The predicted molar refractivity (Wildman–Crippen MR) is 78.6 cm³/mol. The smallest absolute Gasteiger partial charge is 0.151 e. The molecule has 0 aliphatic carbocycles. The molecule has 0 radical (unpaired) electrons. The Morgan fingerprint density at radius 2 is 2.00 bits per heavy atom. The zero-order valence-electron chi connectivity index (χ0n) is 11.4. The van der Waals surface area contributed by atoms with Crippen LogP contribution in [-0.2, 0) is 16.4 Å². The first-order chi connectivity index (χ1) is 9.00. The third-order valence-electron chi connectivity index (χ3n) is 3.60. The van der Waals surface area contributed by atoms with Crippen LogP contribution >= 0.6 is 0 Å². The summed E-state index contributed by atoms with van der Waals surface area (Å²) in [7, 11) is -2.82. The normalized spacial score (nSPS) is 21.9. The van der Waals surface area contributed by atoms with Crippen molar-refractivity contribution >= 4 is 15.5 Å². The molecular formula is C14H22N2O2S. The van der Waals surface area contributed by atoms with Gasteiger partial charge in [-0.25, -0.2) is 8.42 Å². The summed E-state index contributed by atoms with van der Waals surface area (Å²) in [6.07, 6.45) is 1.79. The molecule has 1 aliphatic heterocycles. The maximum absolute atomic E-state index is 11.6. The fourth-order valence-electron chi connectivity index (χ4n) is 2.60. The van der Waals surface area contributed by atoms with Crippen molar-refractivity contribution in [3.63, 3.8) is 0 Å². The zero-order chi connectivity index (χ0) is 13.9. The van der Waals surface area contributed by atoms with Gasteiger partial charge >= 0.3 is 0 Å². The van der Waals surface area contributed by atoms with E-state index in [1.165, 1.54) is 5.56 Å². The fourth-order valence-corrected chi connectivity index (χ4v) is 4.36. The van der Waals surface area contributed by atoms with Crippen LogP contribution in [0.1, 0.15) is 25.3 Å². The Morgan fingerprint density at radius 3 is 2.53 bits per heavy atom. The lowest BCUT2D eigenvalue weighted by molar-refractivity contribution is 0.204. The summed E-state index contributed by atoms with van der Waals surface area (Å²) in [6, 6.07) is 7.99. The van der Waals surface area contributed by atoms with Gasteiger partial charge < -0.3 is 5.73 Å². The summed E-state index contributed by atoms with van der Waals surface area (Å²) in [5, 5.41) is 0. The van der Waals surface area contributed by atoms with E-state index in [0.29, 0.717) is 11.5 Å². The van der Waals surface area contributed by atoms with Crippen LogP contribution in [0.2, 0.25) is 0 Å². The molecule has 2 N–H and O–H groups in total. The van der Waals surface area contributed by atoms with Gasteiger partial charge in [0, 0.05) is 18.3 Å². The van der Waals surface area contributed by atoms with Crippen LogP contribution in [-0.4, -0.2) is 37.4 Å². The van der Waals surface area contributed by atoms with Gasteiger partial charge in [0.25, 0.3) is 0 Å². The molecule has 1 aliphatic rings. The molecule has 1 saturated heterocycles. The monoisotopic (exact) mass is 282 g/mol. The standard InChI is InChI=1S/C14H22N2O2S/c1-2-8-16(14-7-9-19(17,18)11-14)10-12-3-5-13(15)6-4-12/h3-6,14H,2,7-11,15H2,1H3. The third-order valence-corrected chi connectivity index (χ3v) is 5.35. The molecule has 2 rings (SSSR count). The van der Waals surface area contributed by atoms with E-state index in [2.05, 4.69) is 11.8 Å². The van der Waals surface area contributed by atoms with E-state index in [1.807, 2.05) is 24.3 Å². The number of nitrogens with zero attached hydrogens (tertiary/aromatic N) is 1. The van der Waals surface area contributed by atoms with Crippen molar-refractivity contribution in [3.05, 3.63) is 29.8 Å². The van der Waals surface area contributed by atoms with Crippen molar-refractivity contribution in [3.8, 4) is 0 Å². The van der Waals surface area contributed by atoms with Crippen LogP contribution in [0.3, 0.4) is 0 Å². The first kappa shape index (κ1) is 14.3. The summed E-state index contributed by atoms with van der Waals surface area (Å²) in [5.74, 6) is 0.640. The van der Waals surface area contributed by atoms with Crippen molar-refractivity contribution < 1.29 is 8.42 Å². The van der Waals surface area contributed by atoms with Gasteiger partial charge in [-0.3, -0.25) is 4.90 Å². The molecule has 1 heterocycles. The highest BCUT2D eigenvalue weighted by atomic mass is 32.2. The van der Waals surface area contributed by atoms with Gasteiger partial charge in [-0.15, -0.1) is 0 Å². The highest BCUT2D eigenvalue weighted by molar-refractivity contribution is 7.91. The Bertz CT molecular complexity index is 511. The molecule has 0 amide bonds. The Labute approximate surface area is 115 Å². The Hall–Kier alpha value is -1.07. The SMILES string of the molecule is CCCN(Cc1ccc(N)cc1)C1CCS(=O)(=O)C1. The lowest BCUT2D eigenvalue weighted by Crippen LogP contribution is -2.36. The highest BCUT2D eigenvalue weighted by Gasteiger charge is 2.31. The number of hydrogen-bond donors (Lipinski definition) is 1. The van der Waals surface area contributed by atoms with Crippen molar-refractivity contribution in [2.45, 2.75) is 32.4 Å². The average Bonchev–Trinajstić information content (AvgIpc) is 2.72. The van der Waals surface area contributed by atoms with E-state index in [1.54, 1.807) is 0 Å². The van der Waals surface area contributed by atoms with Crippen molar-refractivity contribution in [1.82, 2.24) is 4.90 Å². The average molecular weight is 282 g/mol. The molecule has 1 unspecified atom stereocenters. The van der Waals surface area contributed by atoms with Gasteiger partial charge in [0.1, 0.15) is 0 Å². The first-order valence-electron chi connectivity index (χ1n) is 6.79. The molecule has 1 fully saturated rings. The van der Waals surface area contributed by atoms with E-state index < -0.39 is 9.84 Å². The van der Waals surface area contributed by atoms with E-state index in [0.717, 1.165) is 31.6 Å². The minimum absolute atomic E-state index is 0.169. The molecule has 1 aromatic rings. The highest BCUT2D eigenvalue weighted by Crippen LogP contribution is 2.20. The van der Waals surface area contributed by atoms with Gasteiger partial charge in [0.15, 0.2) is 9.84 Å². The molecule has 1 aromatic carbocycles. The topological polar surface area (TPSA) is 63.4 Å². The number of nitrogen functional groups attached to an aromatic ring is 1. The minimum atomic E-state index is -2.82. The molecule has 5 heteroatoms. The number of anilines is 1. The third kappa shape index (κ3) is 3.94. The van der Waals surface area contributed by atoms with Crippen LogP contribution in [0.5, 0.6) is 0 Å². The summed E-state index contributed by atoms with van der Waals surface area (Å²) < 4.78 is 23.2. The van der Waals surface area contributed by atoms with Crippen LogP contribution in [0, 0.1) is 0 Å². The van der Waals surface area contributed by atoms with E-state index in [-0.39, 0.29) is 6.04 Å². The van der Waals surface area contributed by atoms with E-state index in [4.69, 9.17) is 5.73 Å². The summed E-state index contributed by atoms with van der Waals surface area (Å²) in [5.41, 5.74) is 7.63. The molecule has 4 nitrogen and oxygen atoms in total. The van der Waals surface area contributed by atoms with Gasteiger partial charge in [-0.1, -0.05) is 19.1 Å². The van der Waals surface area contributed by atoms with Crippen LogP contribution in [0.4, 0.5) is 5.69 Å². The molecule has 1 atom stereocenters. The number of rotatable bonds is 5. The molecule has 19 heavy (non-hydrogen) atoms. The van der Waals surface area contributed by atoms with Crippen LogP contribution in [0.15, 0.2) is 24.3 Å². The number of hydrogen-bond acceptors (Lipinski definition) is 4. The lowest BCUT2D eigenvalue weighted by atomic mass is 10.1. The van der Waals surface area contributed by atoms with E-state index in [9.17, 15) is 8.42 Å². The van der Waals surface area contributed by atoms with Crippen LogP contribution in [0.25, 0.3) is 0 Å². The summed E-state index contributed by atoms with van der Waals surface area (Å²) in [4.78, 5) is 2.29. The second-order valence-corrected chi connectivity index (χ2v) is 7.50. The first-order valence-corrected chi connectivity index (χ1v) is 8.61. The molecular weight excluding hydrogens is 260 g/mol. The largest absolute Gasteiger partial charge is 0.399 e. The van der Waals surface area contributed by atoms with Crippen molar-refractivity contribution in [2.75, 3.05) is 23.8 Å². The fraction of sp³-hybridized carbons (Fsp3) is 0.571. The van der Waals surface area contributed by atoms with Crippen molar-refractivity contribution in [2.24, 2.45) is 0 Å². The van der Waals surface area contributed by atoms with Crippen molar-refractivity contribution in [1.29, 1.82) is 0 Å².